The highest BCUT2D eigenvalue weighted by atomic mass is 32.2. The van der Waals surface area contributed by atoms with Crippen LogP contribution in [0.15, 0.2) is 84.0 Å². The molecule has 0 aromatic heterocycles. The lowest BCUT2D eigenvalue weighted by atomic mass is 10.1. The van der Waals surface area contributed by atoms with E-state index in [4.69, 9.17) is 4.74 Å². The number of ether oxygens (including phenoxy) is 2. The van der Waals surface area contributed by atoms with Gasteiger partial charge in [0.25, 0.3) is 5.91 Å². The Labute approximate surface area is 204 Å². The first-order valence-corrected chi connectivity index (χ1v) is 12.4. The minimum absolute atomic E-state index is 0.304. The molecule has 1 N–H and O–H groups in total. The Hall–Kier alpha value is -4.18. The zero-order valence-corrected chi connectivity index (χ0v) is 20.2. The highest BCUT2D eigenvalue weighted by Gasteiger charge is 2.29. The summed E-state index contributed by atoms with van der Waals surface area (Å²) in [6.45, 7) is 1.46. The van der Waals surface area contributed by atoms with Gasteiger partial charge >= 0.3 is 5.97 Å². The van der Waals surface area contributed by atoms with Crippen LogP contribution < -0.4 is 14.5 Å². The molecule has 1 amide bonds. The van der Waals surface area contributed by atoms with Crippen molar-refractivity contribution in [1.29, 1.82) is 0 Å². The van der Waals surface area contributed by atoms with Gasteiger partial charge in [-0.15, -0.1) is 0 Å². The van der Waals surface area contributed by atoms with Gasteiger partial charge in [-0.2, -0.15) is 5.10 Å². The number of esters is 1. The lowest BCUT2D eigenvalue weighted by Gasteiger charge is -2.27. The fraction of sp³-hybridized carbons (Fsp3) is 0.160. The molecule has 0 spiro atoms. The van der Waals surface area contributed by atoms with Crippen molar-refractivity contribution in [2.45, 2.75) is 13.0 Å². The SMILES string of the molecule is COC(=O)c1ccc(/C=N\NC(=O)[C@H](C)N(c2ccc(Oc3ccccc3)cc2)S(C)(=O)=O)cc1. The van der Waals surface area contributed by atoms with Gasteiger partial charge < -0.3 is 9.47 Å². The molecule has 0 saturated heterocycles. The summed E-state index contributed by atoms with van der Waals surface area (Å²) >= 11 is 0. The Balaban J connectivity index is 1.69. The van der Waals surface area contributed by atoms with Gasteiger partial charge in [0.15, 0.2) is 0 Å². The third-order valence-electron chi connectivity index (χ3n) is 4.88. The lowest BCUT2D eigenvalue weighted by Crippen LogP contribution is -2.46. The van der Waals surface area contributed by atoms with E-state index in [2.05, 4.69) is 15.3 Å². The summed E-state index contributed by atoms with van der Waals surface area (Å²) < 4.78 is 36.4. The Morgan fingerprint density at radius 2 is 1.54 bits per heavy atom. The number of hydrogen-bond donors (Lipinski definition) is 1. The van der Waals surface area contributed by atoms with E-state index in [0.29, 0.717) is 28.3 Å². The molecule has 0 radical (unpaired) electrons. The number of hydrogen-bond acceptors (Lipinski definition) is 7. The molecule has 0 saturated carbocycles. The van der Waals surface area contributed by atoms with Crippen LogP contribution in [0.1, 0.15) is 22.8 Å². The van der Waals surface area contributed by atoms with Gasteiger partial charge in [-0.3, -0.25) is 9.10 Å². The van der Waals surface area contributed by atoms with Crippen molar-refractivity contribution in [3.05, 3.63) is 90.0 Å². The molecular formula is C25H25N3O6S. The van der Waals surface area contributed by atoms with Crippen molar-refractivity contribution >= 4 is 33.8 Å². The molecule has 0 heterocycles. The molecule has 3 aromatic rings. The van der Waals surface area contributed by atoms with E-state index in [1.807, 2.05) is 18.2 Å². The maximum absolute atomic E-state index is 12.7. The number of nitrogens with zero attached hydrogens (tertiary/aromatic N) is 2. The highest BCUT2D eigenvalue weighted by molar-refractivity contribution is 7.92. The van der Waals surface area contributed by atoms with Crippen LogP contribution in [0.4, 0.5) is 5.69 Å². The van der Waals surface area contributed by atoms with Gasteiger partial charge in [0.05, 0.1) is 30.8 Å². The van der Waals surface area contributed by atoms with Crippen molar-refractivity contribution < 1.29 is 27.5 Å². The minimum Gasteiger partial charge on any atom is -0.465 e. The average Bonchev–Trinajstić information content (AvgIpc) is 2.85. The van der Waals surface area contributed by atoms with Gasteiger partial charge in [0.2, 0.25) is 10.0 Å². The van der Waals surface area contributed by atoms with Gasteiger partial charge in [-0.1, -0.05) is 30.3 Å². The Morgan fingerprint density at radius 1 is 0.943 bits per heavy atom. The number of anilines is 1. The molecule has 35 heavy (non-hydrogen) atoms. The Morgan fingerprint density at radius 3 is 2.11 bits per heavy atom. The van der Waals surface area contributed by atoms with Crippen LogP contribution in [0.2, 0.25) is 0 Å². The van der Waals surface area contributed by atoms with Crippen LogP contribution in [0.3, 0.4) is 0 Å². The number of carbonyl (C=O) groups excluding carboxylic acids is 2. The lowest BCUT2D eigenvalue weighted by molar-refractivity contribution is -0.121. The number of para-hydroxylation sites is 1. The standard InChI is InChI=1S/C25H25N3O6S/c1-18(24(29)27-26-17-19-9-11-20(12-10-19)25(30)33-2)28(35(3,31)32)21-13-15-23(16-14-21)34-22-7-5-4-6-8-22/h4-18H,1-3H3,(H,27,29)/b26-17-/t18-/m0/s1. The predicted molar refractivity (Wildman–Crippen MR) is 133 cm³/mol. The summed E-state index contributed by atoms with van der Waals surface area (Å²) in [5.74, 6) is 0.0812. The summed E-state index contributed by atoms with van der Waals surface area (Å²) in [6.07, 6.45) is 2.41. The molecule has 0 aliphatic heterocycles. The van der Waals surface area contributed by atoms with Crippen LogP contribution in [0, 0.1) is 0 Å². The smallest absolute Gasteiger partial charge is 0.337 e. The van der Waals surface area contributed by atoms with E-state index in [-0.39, 0.29) is 0 Å². The fourth-order valence-electron chi connectivity index (χ4n) is 3.18. The molecule has 1 atom stereocenters. The Kier molecular flexibility index (Phi) is 8.21. The quantitative estimate of drug-likeness (QED) is 0.276. The maximum Gasteiger partial charge on any atom is 0.337 e. The number of amides is 1. The first-order valence-electron chi connectivity index (χ1n) is 10.5. The number of carbonyl (C=O) groups is 2. The first kappa shape index (κ1) is 25.4. The van der Waals surface area contributed by atoms with Gasteiger partial charge in [-0.05, 0) is 61.0 Å². The highest BCUT2D eigenvalue weighted by Crippen LogP contribution is 2.26. The van der Waals surface area contributed by atoms with E-state index in [0.717, 1.165) is 10.6 Å². The first-order chi connectivity index (χ1) is 16.7. The summed E-state index contributed by atoms with van der Waals surface area (Å²) in [5, 5.41) is 3.89. The van der Waals surface area contributed by atoms with Crippen LogP contribution in [0.25, 0.3) is 0 Å². The minimum atomic E-state index is -3.79. The normalized spacial score (nSPS) is 12.1. The molecule has 3 aromatic carbocycles. The number of sulfonamides is 1. The predicted octanol–water partition coefficient (Wildman–Crippen LogP) is 3.57. The second-order valence-electron chi connectivity index (χ2n) is 7.49. The zero-order valence-electron chi connectivity index (χ0n) is 19.4. The zero-order chi connectivity index (χ0) is 25.4. The van der Waals surface area contributed by atoms with Crippen LogP contribution in [-0.4, -0.2) is 45.9 Å². The number of benzene rings is 3. The van der Waals surface area contributed by atoms with Crippen molar-refractivity contribution in [2.24, 2.45) is 5.10 Å². The average molecular weight is 496 g/mol. The monoisotopic (exact) mass is 495 g/mol. The van der Waals surface area contributed by atoms with Gasteiger partial charge in [0, 0.05) is 0 Å². The molecule has 0 fully saturated rings. The molecule has 10 heteroatoms. The molecular weight excluding hydrogens is 470 g/mol. The summed E-state index contributed by atoms with van der Waals surface area (Å²) in [7, 11) is -2.50. The van der Waals surface area contributed by atoms with E-state index >= 15 is 0 Å². The number of rotatable bonds is 9. The summed E-state index contributed by atoms with van der Waals surface area (Å²) in [4.78, 5) is 24.2. The summed E-state index contributed by atoms with van der Waals surface area (Å²) in [5.41, 5.74) is 3.66. The molecule has 0 bridgehead atoms. The topological polar surface area (TPSA) is 114 Å². The fourth-order valence-corrected chi connectivity index (χ4v) is 4.36. The van der Waals surface area contributed by atoms with Crippen molar-refractivity contribution in [1.82, 2.24) is 5.43 Å². The number of nitrogens with one attached hydrogen (secondary N) is 1. The number of hydrazone groups is 1. The van der Waals surface area contributed by atoms with Crippen LogP contribution in [0.5, 0.6) is 11.5 Å². The molecule has 0 unspecified atom stereocenters. The van der Waals surface area contributed by atoms with Gasteiger partial charge in [-0.25, -0.2) is 18.6 Å². The molecule has 182 valence electrons. The van der Waals surface area contributed by atoms with Crippen molar-refractivity contribution in [2.75, 3.05) is 17.7 Å². The molecule has 0 aliphatic carbocycles. The molecule has 3 rings (SSSR count). The van der Waals surface area contributed by atoms with Crippen LogP contribution >= 0.6 is 0 Å². The maximum atomic E-state index is 12.7. The van der Waals surface area contributed by atoms with Crippen LogP contribution in [-0.2, 0) is 19.6 Å². The second-order valence-corrected chi connectivity index (χ2v) is 9.35. The van der Waals surface area contributed by atoms with E-state index in [1.165, 1.54) is 20.2 Å². The van der Waals surface area contributed by atoms with Gasteiger partial charge in [0.1, 0.15) is 17.5 Å². The van der Waals surface area contributed by atoms with E-state index < -0.39 is 27.9 Å². The molecule has 9 nitrogen and oxygen atoms in total. The third-order valence-corrected chi connectivity index (χ3v) is 6.12. The molecule has 0 aliphatic rings. The van der Waals surface area contributed by atoms with Crippen molar-refractivity contribution in [3.8, 4) is 11.5 Å². The van der Waals surface area contributed by atoms with E-state index in [9.17, 15) is 18.0 Å². The number of methoxy groups -OCH3 is 1. The third kappa shape index (κ3) is 6.90. The second kappa shape index (κ2) is 11.3. The van der Waals surface area contributed by atoms with Crippen molar-refractivity contribution in [3.63, 3.8) is 0 Å². The largest absolute Gasteiger partial charge is 0.465 e. The summed E-state index contributed by atoms with van der Waals surface area (Å²) in [6, 6.07) is 20.9. The Bertz CT molecular complexity index is 1290. The van der Waals surface area contributed by atoms with E-state index in [1.54, 1.807) is 60.7 Å².